The van der Waals surface area contributed by atoms with E-state index in [0.29, 0.717) is 11.5 Å². The molecule has 0 radical (unpaired) electrons. The third-order valence-corrected chi connectivity index (χ3v) is 3.34. The molecule has 2 heterocycles. The number of rotatable bonds is 2. The lowest BCUT2D eigenvalue weighted by Gasteiger charge is -2.38. The lowest BCUT2D eigenvalue weighted by molar-refractivity contribution is -0.163. The minimum atomic E-state index is -0.926. The SMILES string of the molecule is Cc1cc2c(cc1C1(C(=O)O)COC1)OCO2. The first-order valence-electron chi connectivity index (χ1n) is 5.35. The Morgan fingerprint density at radius 1 is 1.29 bits per heavy atom. The third kappa shape index (κ3) is 1.32. The summed E-state index contributed by atoms with van der Waals surface area (Å²) >= 11 is 0. The summed E-state index contributed by atoms with van der Waals surface area (Å²) in [6, 6.07) is 3.58. The van der Waals surface area contributed by atoms with Crippen LogP contribution >= 0.6 is 0 Å². The molecule has 0 spiro atoms. The van der Waals surface area contributed by atoms with E-state index in [4.69, 9.17) is 14.2 Å². The molecule has 0 atom stereocenters. The van der Waals surface area contributed by atoms with Crippen molar-refractivity contribution in [2.24, 2.45) is 0 Å². The summed E-state index contributed by atoms with van der Waals surface area (Å²) < 4.78 is 15.6. The van der Waals surface area contributed by atoms with Gasteiger partial charge in [0, 0.05) is 0 Å². The molecule has 0 saturated carbocycles. The highest BCUT2D eigenvalue weighted by atomic mass is 16.7. The Kier molecular flexibility index (Phi) is 2.06. The van der Waals surface area contributed by atoms with Crippen LogP contribution in [0.2, 0.25) is 0 Å². The third-order valence-electron chi connectivity index (χ3n) is 3.34. The van der Waals surface area contributed by atoms with Gasteiger partial charge in [0.25, 0.3) is 0 Å². The lowest BCUT2D eigenvalue weighted by Crippen LogP contribution is -2.53. The van der Waals surface area contributed by atoms with Crippen LogP contribution in [0.25, 0.3) is 0 Å². The van der Waals surface area contributed by atoms with Crippen LogP contribution in [0.5, 0.6) is 11.5 Å². The quantitative estimate of drug-likeness (QED) is 0.832. The molecule has 0 amide bonds. The molecule has 0 unspecified atom stereocenters. The van der Waals surface area contributed by atoms with Gasteiger partial charge in [-0.1, -0.05) is 0 Å². The van der Waals surface area contributed by atoms with Crippen LogP contribution in [0, 0.1) is 6.92 Å². The number of hydrogen-bond donors (Lipinski definition) is 1. The van der Waals surface area contributed by atoms with Crippen LogP contribution in [-0.2, 0) is 14.9 Å². The number of fused-ring (bicyclic) bond motifs is 1. The molecule has 90 valence electrons. The number of aryl methyl sites for hydroxylation is 1. The average molecular weight is 236 g/mol. The molecular weight excluding hydrogens is 224 g/mol. The summed E-state index contributed by atoms with van der Waals surface area (Å²) in [7, 11) is 0. The molecule has 1 saturated heterocycles. The van der Waals surface area contributed by atoms with Gasteiger partial charge in [0.1, 0.15) is 5.41 Å². The molecule has 5 heteroatoms. The summed E-state index contributed by atoms with van der Waals surface area (Å²) in [6.07, 6.45) is 0. The van der Waals surface area contributed by atoms with Crippen molar-refractivity contribution >= 4 is 5.97 Å². The zero-order chi connectivity index (χ0) is 12.0. The molecular formula is C12H12O5. The zero-order valence-electron chi connectivity index (χ0n) is 9.36. The smallest absolute Gasteiger partial charge is 0.318 e. The van der Waals surface area contributed by atoms with Crippen molar-refractivity contribution < 1.29 is 24.1 Å². The zero-order valence-corrected chi connectivity index (χ0v) is 9.36. The van der Waals surface area contributed by atoms with Crippen LogP contribution in [0.3, 0.4) is 0 Å². The number of carboxylic acids is 1. The van der Waals surface area contributed by atoms with Gasteiger partial charge in [-0.3, -0.25) is 4.79 Å². The van der Waals surface area contributed by atoms with Gasteiger partial charge in [0.2, 0.25) is 6.79 Å². The highest BCUT2D eigenvalue weighted by Crippen LogP contribution is 2.41. The van der Waals surface area contributed by atoms with E-state index in [1.54, 1.807) is 6.07 Å². The fourth-order valence-corrected chi connectivity index (χ4v) is 2.26. The van der Waals surface area contributed by atoms with E-state index in [9.17, 15) is 9.90 Å². The number of benzene rings is 1. The van der Waals surface area contributed by atoms with Crippen molar-refractivity contribution in [2.75, 3.05) is 20.0 Å². The van der Waals surface area contributed by atoms with E-state index in [1.165, 1.54) is 0 Å². The molecule has 1 N–H and O–H groups in total. The van der Waals surface area contributed by atoms with Crippen molar-refractivity contribution in [1.82, 2.24) is 0 Å². The Morgan fingerprint density at radius 3 is 2.47 bits per heavy atom. The van der Waals surface area contributed by atoms with E-state index in [1.807, 2.05) is 13.0 Å². The van der Waals surface area contributed by atoms with Gasteiger partial charge in [0.05, 0.1) is 13.2 Å². The van der Waals surface area contributed by atoms with Gasteiger partial charge in [-0.15, -0.1) is 0 Å². The minimum Gasteiger partial charge on any atom is -0.480 e. The number of aliphatic carboxylic acids is 1. The second kappa shape index (κ2) is 3.37. The number of hydrogen-bond acceptors (Lipinski definition) is 4. The standard InChI is InChI=1S/C12H12O5/c1-7-2-9-10(17-6-16-9)3-8(7)12(11(13)14)4-15-5-12/h2-3H,4-6H2,1H3,(H,13,14). The number of ether oxygens (including phenoxy) is 3. The van der Waals surface area contributed by atoms with E-state index >= 15 is 0 Å². The first-order chi connectivity index (χ1) is 8.13. The summed E-state index contributed by atoms with van der Waals surface area (Å²) in [5.41, 5.74) is 0.714. The average Bonchev–Trinajstić information content (AvgIpc) is 2.62. The molecule has 3 rings (SSSR count). The second-order valence-electron chi connectivity index (χ2n) is 4.40. The second-order valence-corrected chi connectivity index (χ2v) is 4.40. The maximum Gasteiger partial charge on any atom is 0.318 e. The summed E-state index contributed by atoms with van der Waals surface area (Å²) in [5.74, 6) is 0.427. The van der Waals surface area contributed by atoms with E-state index in [2.05, 4.69) is 0 Å². The molecule has 1 aromatic carbocycles. The first-order valence-corrected chi connectivity index (χ1v) is 5.35. The molecule has 0 bridgehead atoms. The monoisotopic (exact) mass is 236 g/mol. The van der Waals surface area contributed by atoms with Gasteiger partial charge in [-0.2, -0.15) is 0 Å². The predicted molar refractivity (Wildman–Crippen MR) is 57.4 cm³/mol. The molecule has 0 aliphatic carbocycles. The van der Waals surface area contributed by atoms with Gasteiger partial charge in [0.15, 0.2) is 11.5 Å². The fraction of sp³-hybridized carbons (Fsp3) is 0.417. The molecule has 2 aliphatic rings. The van der Waals surface area contributed by atoms with Gasteiger partial charge < -0.3 is 19.3 Å². The first kappa shape index (κ1) is 10.4. The maximum absolute atomic E-state index is 11.4. The minimum absolute atomic E-state index is 0.189. The summed E-state index contributed by atoms with van der Waals surface area (Å²) in [5, 5.41) is 9.36. The number of carbonyl (C=O) groups is 1. The van der Waals surface area contributed by atoms with Crippen LogP contribution in [0.15, 0.2) is 12.1 Å². The van der Waals surface area contributed by atoms with Gasteiger partial charge in [-0.25, -0.2) is 0 Å². The van der Waals surface area contributed by atoms with Crippen LogP contribution in [-0.4, -0.2) is 31.1 Å². The van der Waals surface area contributed by atoms with Crippen molar-refractivity contribution in [3.63, 3.8) is 0 Å². The van der Waals surface area contributed by atoms with Crippen LogP contribution in [0.1, 0.15) is 11.1 Å². The summed E-state index contributed by atoms with van der Waals surface area (Å²) in [6.45, 7) is 2.49. The van der Waals surface area contributed by atoms with Crippen LogP contribution in [0.4, 0.5) is 0 Å². The normalized spacial score (nSPS) is 19.8. The van der Waals surface area contributed by atoms with Crippen molar-refractivity contribution in [2.45, 2.75) is 12.3 Å². The Balaban J connectivity index is 2.11. The Bertz CT molecular complexity index is 490. The molecule has 1 fully saturated rings. The highest BCUT2D eigenvalue weighted by molar-refractivity contribution is 5.84. The Labute approximate surface area is 97.9 Å². The lowest BCUT2D eigenvalue weighted by atomic mass is 9.76. The Morgan fingerprint density at radius 2 is 1.94 bits per heavy atom. The maximum atomic E-state index is 11.4. The highest BCUT2D eigenvalue weighted by Gasteiger charge is 2.49. The van der Waals surface area contributed by atoms with Crippen molar-refractivity contribution in [3.8, 4) is 11.5 Å². The predicted octanol–water partition coefficient (Wildman–Crippen LogP) is 1.08. The van der Waals surface area contributed by atoms with Crippen molar-refractivity contribution in [3.05, 3.63) is 23.3 Å². The van der Waals surface area contributed by atoms with Gasteiger partial charge >= 0.3 is 5.97 Å². The molecule has 2 aliphatic heterocycles. The molecule has 5 nitrogen and oxygen atoms in total. The molecule has 17 heavy (non-hydrogen) atoms. The van der Waals surface area contributed by atoms with Crippen LogP contribution < -0.4 is 9.47 Å². The van der Waals surface area contributed by atoms with Gasteiger partial charge in [-0.05, 0) is 30.2 Å². The molecule has 0 aromatic heterocycles. The number of carboxylic acid groups (broad SMARTS) is 1. The largest absolute Gasteiger partial charge is 0.480 e. The summed E-state index contributed by atoms with van der Waals surface area (Å²) in [4.78, 5) is 11.4. The Hall–Kier alpha value is -1.75. The van der Waals surface area contributed by atoms with E-state index < -0.39 is 11.4 Å². The van der Waals surface area contributed by atoms with Crippen molar-refractivity contribution in [1.29, 1.82) is 0 Å². The van der Waals surface area contributed by atoms with E-state index in [0.717, 1.165) is 11.1 Å². The fourth-order valence-electron chi connectivity index (χ4n) is 2.26. The topological polar surface area (TPSA) is 65.0 Å². The van der Waals surface area contributed by atoms with E-state index in [-0.39, 0.29) is 20.0 Å². The molecule has 1 aromatic rings.